The fourth-order valence-electron chi connectivity index (χ4n) is 3.93. The van der Waals surface area contributed by atoms with E-state index < -0.39 is 0 Å². The number of carbonyl (C=O) groups is 1. The van der Waals surface area contributed by atoms with Gasteiger partial charge in [0.1, 0.15) is 5.82 Å². The van der Waals surface area contributed by atoms with E-state index in [0.29, 0.717) is 6.61 Å². The first kappa shape index (κ1) is 20.8. The van der Waals surface area contributed by atoms with E-state index in [-0.39, 0.29) is 18.1 Å². The largest absolute Gasteiger partial charge is 0.373 e. The van der Waals surface area contributed by atoms with Gasteiger partial charge in [0, 0.05) is 54.7 Å². The van der Waals surface area contributed by atoms with Crippen molar-refractivity contribution < 1.29 is 9.53 Å². The number of morpholine rings is 1. The quantitative estimate of drug-likeness (QED) is 0.625. The van der Waals surface area contributed by atoms with E-state index >= 15 is 0 Å². The van der Waals surface area contributed by atoms with Crippen LogP contribution in [-0.4, -0.2) is 48.6 Å². The van der Waals surface area contributed by atoms with Gasteiger partial charge in [0.25, 0.3) is 5.91 Å². The van der Waals surface area contributed by atoms with E-state index in [9.17, 15) is 4.79 Å². The molecule has 1 amide bonds. The molecule has 158 valence electrons. The van der Waals surface area contributed by atoms with Crippen molar-refractivity contribution >= 4 is 33.1 Å². The number of aromatic nitrogens is 1. The maximum atomic E-state index is 13.0. The van der Waals surface area contributed by atoms with Gasteiger partial charge in [-0.25, -0.2) is 4.98 Å². The van der Waals surface area contributed by atoms with Crippen molar-refractivity contribution in [2.75, 3.05) is 32.1 Å². The second kappa shape index (κ2) is 9.12. The first-order chi connectivity index (χ1) is 14.6. The number of ether oxygens (including phenoxy) is 1. The molecular weight excluding hydrogens is 396 g/mol. The average Bonchev–Trinajstić information content (AvgIpc) is 3.14. The Morgan fingerprint density at radius 2 is 2.13 bits per heavy atom. The fraction of sp³-hybridized carbons (Fsp3) is 0.391. The lowest BCUT2D eigenvalue weighted by molar-refractivity contribution is -0.0322. The maximum Gasteiger partial charge on any atom is 0.261 e. The molecule has 0 radical (unpaired) electrons. The molecule has 1 aliphatic rings. The summed E-state index contributed by atoms with van der Waals surface area (Å²) >= 11 is 1.55. The first-order valence-corrected chi connectivity index (χ1v) is 11.2. The molecule has 7 heteroatoms. The Hall–Kier alpha value is -2.48. The summed E-state index contributed by atoms with van der Waals surface area (Å²) in [6, 6.07) is 12.4. The lowest BCUT2D eigenvalue weighted by atomic mass is 10.0. The molecule has 6 nitrogen and oxygen atoms in total. The molecule has 4 rings (SSSR count). The number of hydrogen-bond acceptors (Lipinski definition) is 6. The third-order valence-electron chi connectivity index (χ3n) is 5.25. The van der Waals surface area contributed by atoms with Crippen molar-refractivity contribution in [3.8, 4) is 0 Å². The maximum absolute atomic E-state index is 13.0. The van der Waals surface area contributed by atoms with E-state index in [1.807, 2.05) is 39.1 Å². The SMILES string of the molecule is CNc1ncccc1CN1CCOC(c2c(C(=O)NC(C)C)sc3ccccc23)C1. The number of benzene rings is 1. The standard InChI is InChI=1S/C23H28N4O2S/c1-15(2)26-23(28)21-20(17-8-4-5-9-19(17)30-21)18-14-27(11-12-29-18)13-16-7-6-10-25-22(16)24-3/h4-10,15,18H,11-14H2,1-3H3,(H,24,25)(H,26,28). The van der Waals surface area contributed by atoms with Gasteiger partial charge in [-0.3, -0.25) is 9.69 Å². The van der Waals surface area contributed by atoms with Gasteiger partial charge in [-0.15, -0.1) is 11.3 Å². The molecule has 0 aliphatic carbocycles. The topological polar surface area (TPSA) is 66.5 Å². The summed E-state index contributed by atoms with van der Waals surface area (Å²) in [4.78, 5) is 20.5. The first-order valence-electron chi connectivity index (χ1n) is 10.3. The molecule has 1 unspecified atom stereocenters. The highest BCUT2D eigenvalue weighted by Gasteiger charge is 2.30. The van der Waals surface area contributed by atoms with Crippen LogP contribution in [0.1, 0.15) is 40.8 Å². The normalized spacial score (nSPS) is 17.4. The molecule has 0 bridgehead atoms. The van der Waals surface area contributed by atoms with E-state index in [2.05, 4.69) is 38.7 Å². The molecule has 2 N–H and O–H groups in total. The average molecular weight is 425 g/mol. The summed E-state index contributed by atoms with van der Waals surface area (Å²) in [5.74, 6) is 0.880. The second-order valence-corrected chi connectivity index (χ2v) is 8.88. The van der Waals surface area contributed by atoms with Crippen LogP contribution in [0.25, 0.3) is 10.1 Å². The van der Waals surface area contributed by atoms with Crippen LogP contribution in [0, 0.1) is 0 Å². The number of nitrogens with one attached hydrogen (secondary N) is 2. The molecular formula is C23H28N4O2S. The lowest BCUT2D eigenvalue weighted by Gasteiger charge is -2.33. The Morgan fingerprint density at radius 3 is 2.93 bits per heavy atom. The molecule has 30 heavy (non-hydrogen) atoms. The molecule has 2 aromatic heterocycles. The minimum absolute atomic E-state index is 0.0216. The second-order valence-electron chi connectivity index (χ2n) is 7.82. The zero-order valence-electron chi connectivity index (χ0n) is 17.6. The molecule has 3 aromatic rings. The number of thiophene rings is 1. The van der Waals surface area contributed by atoms with Crippen LogP contribution >= 0.6 is 11.3 Å². The number of anilines is 1. The van der Waals surface area contributed by atoms with Gasteiger partial charge < -0.3 is 15.4 Å². The van der Waals surface area contributed by atoms with Crippen LogP contribution in [0.15, 0.2) is 42.6 Å². The van der Waals surface area contributed by atoms with E-state index in [1.54, 1.807) is 17.5 Å². The molecule has 1 fully saturated rings. The van der Waals surface area contributed by atoms with Crippen LogP contribution in [0.3, 0.4) is 0 Å². The monoisotopic (exact) mass is 424 g/mol. The molecule has 1 atom stereocenters. The molecule has 0 spiro atoms. The highest BCUT2D eigenvalue weighted by atomic mass is 32.1. The zero-order chi connectivity index (χ0) is 21.1. The smallest absolute Gasteiger partial charge is 0.261 e. The van der Waals surface area contributed by atoms with Crippen molar-refractivity contribution in [3.05, 3.63) is 58.6 Å². The van der Waals surface area contributed by atoms with Gasteiger partial charge in [-0.1, -0.05) is 24.3 Å². The van der Waals surface area contributed by atoms with Crippen molar-refractivity contribution in [3.63, 3.8) is 0 Å². The Labute approximate surface area is 181 Å². The summed E-state index contributed by atoms with van der Waals surface area (Å²) < 4.78 is 7.32. The van der Waals surface area contributed by atoms with Crippen LogP contribution in [0.5, 0.6) is 0 Å². The predicted octanol–water partition coefficient (Wildman–Crippen LogP) is 4.05. The van der Waals surface area contributed by atoms with Gasteiger partial charge in [-0.2, -0.15) is 0 Å². The molecule has 1 aliphatic heterocycles. The van der Waals surface area contributed by atoms with Gasteiger partial charge in [0.05, 0.1) is 17.6 Å². The Balaban J connectivity index is 1.63. The Morgan fingerprint density at radius 1 is 1.30 bits per heavy atom. The predicted molar refractivity (Wildman–Crippen MR) is 122 cm³/mol. The van der Waals surface area contributed by atoms with E-state index in [1.165, 1.54) is 0 Å². The third kappa shape index (κ3) is 4.33. The Kier molecular flexibility index (Phi) is 6.32. The van der Waals surface area contributed by atoms with Crippen LogP contribution < -0.4 is 10.6 Å². The highest BCUT2D eigenvalue weighted by Crippen LogP contribution is 2.38. The van der Waals surface area contributed by atoms with Crippen molar-refractivity contribution in [2.24, 2.45) is 0 Å². The number of hydrogen-bond donors (Lipinski definition) is 2. The number of amides is 1. The van der Waals surface area contributed by atoms with E-state index in [0.717, 1.165) is 51.5 Å². The van der Waals surface area contributed by atoms with E-state index in [4.69, 9.17) is 4.74 Å². The van der Waals surface area contributed by atoms with Crippen LogP contribution in [-0.2, 0) is 11.3 Å². The fourth-order valence-corrected chi connectivity index (χ4v) is 5.09. The zero-order valence-corrected chi connectivity index (χ0v) is 18.5. The Bertz CT molecular complexity index is 1030. The minimum Gasteiger partial charge on any atom is -0.373 e. The molecule has 3 heterocycles. The third-order valence-corrected chi connectivity index (χ3v) is 6.44. The van der Waals surface area contributed by atoms with Crippen LogP contribution in [0.4, 0.5) is 5.82 Å². The van der Waals surface area contributed by atoms with Gasteiger partial charge in [0.2, 0.25) is 0 Å². The number of rotatable bonds is 6. The van der Waals surface area contributed by atoms with Gasteiger partial charge >= 0.3 is 0 Å². The molecule has 1 aromatic carbocycles. The summed E-state index contributed by atoms with van der Waals surface area (Å²) in [7, 11) is 1.89. The number of nitrogens with zero attached hydrogens (tertiary/aromatic N) is 2. The van der Waals surface area contributed by atoms with Crippen molar-refractivity contribution in [2.45, 2.75) is 32.5 Å². The summed E-state index contributed by atoms with van der Waals surface area (Å²) in [5.41, 5.74) is 2.17. The number of fused-ring (bicyclic) bond motifs is 1. The summed E-state index contributed by atoms with van der Waals surface area (Å²) in [6.07, 6.45) is 1.66. The van der Waals surface area contributed by atoms with Crippen molar-refractivity contribution in [1.29, 1.82) is 0 Å². The lowest BCUT2D eigenvalue weighted by Crippen LogP contribution is -2.39. The van der Waals surface area contributed by atoms with Gasteiger partial charge in [-0.05, 0) is 31.4 Å². The molecule has 0 saturated carbocycles. The van der Waals surface area contributed by atoms with Crippen LogP contribution in [0.2, 0.25) is 0 Å². The highest BCUT2D eigenvalue weighted by molar-refractivity contribution is 7.21. The van der Waals surface area contributed by atoms with Gasteiger partial charge in [0.15, 0.2) is 0 Å². The number of pyridine rings is 1. The number of carbonyl (C=O) groups excluding carboxylic acids is 1. The van der Waals surface area contributed by atoms with Crippen molar-refractivity contribution in [1.82, 2.24) is 15.2 Å². The summed E-state index contributed by atoms with van der Waals surface area (Å²) in [5, 5.41) is 7.33. The summed E-state index contributed by atoms with van der Waals surface area (Å²) in [6.45, 7) is 6.98. The minimum atomic E-state index is -0.141. The molecule has 1 saturated heterocycles.